The number of anilines is 2. The minimum atomic E-state index is -0.336. The smallest absolute Gasteiger partial charge is 0.274 e. The van der Waals surface area contributed by atoms with E-state index >= 15 is 0 Å². The largest absolute Gasteiger partial charge is 0.495 e. The molecule has 0 saturated carbocycles. The predicted molar refractivity (Wildman–Crippen MR) is 100 cm³/mol. The zero-order valence-corrected chi connectivity index (χ0v) is 15.5. The van der Waals surface area contributed by atoms with E-state index < -0.39 is 0 Å². The average molecular weight is 377 g/mol. The summed E-state index contributed by atoms with van der Waals surface area (Å²) in [5.74, 6) is 0.624. The van der Waals surface area contributed by atoms with Crippen molar-refractivity contribution >= 4 is 29.1 Å². The Morgan fingerprint density at radius 3 is 2.92 bits per heavy atom. The predicted octanol–water partition coefficient (Wildman–Crippen LogP) is 3.29. The van der Waals surface area contributed by atoms with Gasteiger partial charge in [0.15, 0.2) is 0 Å². The number of aromatic nitrogens is 2. The van der Waals surface area contributed by atoms with Crippen molar-refractivity contribution in [3.63, 3.8) is 0 Å². The van der Waals surface area contributed by atoms with Gasteiger partial charge in [-0.25, -0.2) is 9.97 Å². The summed E-state index contributed by atoms with van der Waals surface area (Å²) < 4.78 is 10.7. The lowest BCUT2D eigenvalue weighted by atomic mass is 10.2. The monoisotopic (exact) mass is 376 g/mol. The Labute approximate surface area is 157 Å². The Morgan fingerprint density at radius 2 is 2.23 bits per heavy atom. The van der Waals surface area contributed by atoms with Crippen molar-refractivity contribution in [2.24, 2.45) is 0 Å². The maximum absolute atomic E-state index is 12.5. The normalized spacial score (nSPS) is 16.3. The van der Waals surface area contributed by atoms with E-state index in [1.807, 2.05) is 6.92 Å². The van der Waals surface area contributed by atoms with Crippen molar-refractivity contribution in [1.82, 2.24) is 9.97 Å². The molecule has 1 fully saturated rings. The van der Waals surface area contributed by atoms with Gasteiger partial charge in [-0.3, -0.25) is 4.79 Å². The zero-order chi connectivity index (χ0) is 18.5. The van der Waals surface area contributed by atoms with Gasteiger partial charge in [-0.2, -0.15) is 0 Å². The summed E-state index contributed by atoms with van der Waals surface area (Å²) in [5, 5.41) is 6.35. The summed E-state index contributed by atoms with van der Waals surface area (Å²) >= 11 is 6.09. The lowest BCUT2D eigenvalue weighted by Crippen LogP contribution is -2.21. The second kappa shape index (κ2) is 8.33. The summed E-state index contributed by atoms with van der Waals surface area (Å²) in [7, 11) is 1.54. The van der Waals surface area contributed by atoms with Gasteiger partial charge in [0.1, 0.15) is 11.4 Å². The van der Waals surface area contributed by atoms with Crippen LogP contribution in [0, 0.1) is 6.92 Å². The first-order valence-corrected chi connectivity index (χ1v) is 8.79. The number of nitrogens with zero attached hydrogens (tertiary/aromatic N) is 2. The first kappa shape index (κ1) is 18.4. The van der Waals surface area contributed by atoms with Gasteiger partial charge >= 0.3 is 0 Å². The first-order valence-electron chi connectivity index (χ1n) is 8.41. The molecular formula is C18H21ClN4O3. The van der Waals surface area contributed by atoms with E-state index in [0.29, 0.717) is 34.6 Å². The molecule has 1 aromatic carbocycles. The molecule has 8 heteroatoms. The highest BCUT2D eigenvalue weighted by atomic mass is 35.5. The number of benzene rings is 1. The lowest BCUT2D eigenvalue weighted by molar-refractivity contribution is 0.102. The number of methoxy groups -OCH3 is 1. The molecule has 1 atom stereocenters. The van der Waals surface area contributed by atoms with Crippen molar-refractivity contribution in [2.75, 3.05) is 30.9 Å². The molecule has 1 aliphatic rings. The molecule has 1 unspecified atom stereocenters. The zero-order valence-electron chi connectivity index (χ0n) is 14.7. The number of carbonyl (C=O) groups is 1. The van der Waals surface area contributed by atoms with Gasteiger partial charge in [-0.15, -0.1) is 0 Å². The molecule has 0 radical (unpaired) electrons. The third-order valence-electron chi connectivity index (χ3n) is 4.01. The van der Waals surface area contributed by atoms with Gasteiger partial charge in [0.2, 0.25) is 5.95 Å². The molecule has 2 heterocycles. The van der Waals surface area contributed by atoms with Crippen molar-refractivity contribution < 1.29 is 14.3 Å². The molecule has 1 aliphatic heterocycles. The highest BCUT2D eigenvalue weighted by Crippen LogP contribution is 2.27. The van der Waals surface area contributed by atoms with E-state index in [1.165, 1.54) is 7.11 Å². The molecule has 1 amide bonds. The maximum Gasteiger partial charge on any atom is 0.274 e. The minimum absolute atomic E-state index is 0.165. The maximum atomic E-state index is 12.5. The third-order valence-corrected chi connectivity index (χ3v) is 4.30. The van der Waals surface area contributed by atoms with Crippen LogP contribution in [-0.4, -0.2) is 42.2 Å². The van der Waals surface area contributed by atoms with E-state index in [1.54, 1.807) is 24.3 Å². The van der Waals surface area contributed by atoms with Crippen molar-refractivity contribution in [3.8, 4) is 5.75 Å². The van der Waals surface area contributed by atoms with Gasteiger partial charge in [0, 0.05) is 24.5 Å². The van der Waals surface area contributed by atoms with Crippen LogP contribution >= 0.6 is 11.6 Å². The fourth-order valence-corrected chi connectivity index (χ4v) is 2.97. The number of nitrogens with one attached hydrogen (secondary N) is 2. The number of carbonyl (C=O) groups excluding carboxylic acids is 1. The van der Waals surface area contributed by atoms with Gasteiger partial charge in [0.05, 0.1) is 18.2 Å². The molecular weight excluding hydrogens is 356 g/mol. The minimum Gasteiger partial charge on any atom is -0.495 e. The average Bonchev–Trinajstić information content (AvgIpc) is 3.13. The van der Waals surface area contributed by atoms with E-state index in [2.05, 4.69) is 20.6 Å². The molecule has 138 valence electrons. The fraction of sp³-hybridized carbons (Fsp3) is 0.389. The summed E-state index contributed by atoms with van der Waals surface area (Å²) in [5.41, 5.74) is 1.54. The van der Waals surface area contributed by atoms with Crippen LogP contribution in [-0.2, 0) is 4.74 Å². The fourth-order valence-electron chi connectivity index (χ4n) is 2.71. The molecule has 1 aromatic heterocycles. The Balaban J connectivity index is 1.69. The number of aryl methyl sites for hydroxylation is 1. The second-order valence-electron chi connectivity index (χ2n) is 6.04. The Morgan fingerprint density at radius 1 is 1.38 bits per heavy atom. The lowest BCUT2D eigenvalue weighted by Gasteiger charge is -2.12. The molecule has 0 aliphatic carbocycles. The molecule has 0 spiro atoms. The number of hydrogen-bond acceptors (Lipinski definition) is 6. The van der Waals surface area contributed by atoms with E-state index in [-0.39, 0.29) is 17.7 Å². The van der Waals surface area contributed by atoms with Crippen molar-refractivity contribution in [1.29, 1.82) is 0 Å². The van der Waals surface area contributed by atoms with Crippen LogP contribution in [0.5, 0.6) is 5.75 Å². The van der Waals surface area contributed by atoms with Crippen LogP contribution in [0.25, 0.3) is 0 Å². The summed E-state index contributed by atoms with van der Waals surface area (Å²) in [6.07, 6.45) is 2.25. The SMILES string of the molecule is COc1ccc(NC(=O)c2cc(C)nc(NCC3CCCO3)n2)cc1Cl. The first-order chi connectivity index (χ1) is 12.5. The summed E-state index contributed by atoms with van der Waals surface area (Å²) in [6.45, 7) is 3.23. The Hall–Kier alpha value is -2.38. The van der Waals surface area contributed by atoms with Crippen molar-refractivity contribution in [2.45, 2.75) is 25.9 Å². The third kappa shape index (κ3) is 4.62. The van der Waals surface area contributed by atoms with Crippen LogP contribution in [0.3, 0.4) is 0 Å². The number of ether oxygens (including phenoxy) is 2. The molecule has 7 nitrogen and oxygen atoms in total. The number of rotatable bonds is 6. The topological polar surface area (TPSA) is 85.4 Å². The van der Waals surface area contributed by atoms with Gasteiger partial charge in [-0.1, -0.05) is 11.6 Å². The van der Waals surface area contributed by atoms with Gasteiger partial charge < -0.3 is 20.1 Å². The molecule has 2 aromatic rings. The van der Waals surface area contributed by atoms with Crippen molar-refractivity contribution in [3.05, 3.63) is 40.7 Å². The molecule has 2 N–H and O–H groups in total. The quantitative estimate of drug-likeness (QED) is 0.804. The van der Waals surface area contributed by atoms with Crippen LogP contribution < -0.4 is 15.4 Å². The van der Waals surface area contributed by atoms with Crippen LogP contribution in [0.2, 0.25) is 5.02 Å². The highest BCUT2D eigenvalue weighted by molar-refractivity contribution is 6.32. The van der Waals surface area contributed by atoms with E-state index in [4.69, 9.17) is 21.1 Å². The molecule has 26 heavy (non-hydrogen) atoms. The second-order valence-corrected chi connectivity index (χ2v) is 6.44. The van der Waals surface area contributed by atoms with E-state index in [0.717, 1.165) is 19.4 Å². The Bertz CT molecular complexity index is 794. The van der Waals surface area contributed by atoms with Crippen LogP contribution in [0.4, 0.5) is 11.6 Å². The van der Waals surface area contributed by atoms with Crippen LogP contribution in [0.15, 0.2) is 24.3 Å². The van der Waals surface area contributed by atoms with E-state index in [9.17, 15) is 4.79 Å². The Kier molecular flexibility index (Phi) is 5.90. The summed E-state index contributed by atoms with van der Waals surface area (Å²) in [4.78, 5) is 21.1. The van der Waals surface area contributed by atoms with Crippen LogP contribution in [0.1, 0.15) is 29.0 Å². The molecule has 3 rings (SSSR count). The standard InChI is InChI=1S/C18H21ClN4O3/c1-11-8-15(23-18(21-11)20-10-13-4-3-7-26-13)17(24)22-12-5-6-16(25-2)14(19)9-12/h5-6,8-9,13H,3-4,7,10H2,1-2H3,(H,22,24)(H,20,21,23). The number of amides is 1. The number of hydrogen-bond donors (Lipinski definition) is 2. The molecule has 1 saturated heterocycles. The van der Waals surface area contributed by atoms with Gasteiger partial charge in [0.25, 0.3) is 5.91 Å². The summed E-state index contributed by atoms with van der Waals surface area (Å²) in [6, 6.07) is 6.67. The van der Waals surface area contributed by atoms with Gasteiger partial charge in [-0.05, 0) is 44.0 Å². The molecule has 0 bridgehead atoms. The number of halogens is 1. The highest BCUT2D eigenvalue weighted by Gasteiger charge is 2.17.